The van der Waals surface area contributed by atoms with E-state index >= 15 is 0 Å². The number of hydrogen-bond donors (Lipinski definition) is 2. The Hall–Kier alpha value is -1.14. The summed E-state index contributed by atoms with van der Waals surface area (Å²) in [5.74, 6) is 0. The van der Waals surface area contributed by atoms with Gasteiger partial charge in [0.15, 0.2) is 5.03 Å². The third-order valence-electron chi connectivity index (χ3n) is 3.25. The molecule has 20 heavy (non-hydrogen) atoms. The Balaban J connectivity index is 2.66. The van der Waals surface area contributed by atoms with E-state index < -0.39 is 10.0 Å². The van der Waals surface area contributed by atoms with Crippen LogP contribution in [0.2, 0.25) is 0 Å². The van der Waals surface area contributed by atoms with Crippen LogP contribution in [-0.4, -0.2) is 19.9 Å². The van der Waals surface area contributed by atoms with E-state index in [9.17, 15) is 8.42 Å². The topological polar surface area (TPSA) is 85.1 Å². The van der Waals surface area contributed by atoms with Crippen LogP contribution < -0.4 is 10.5 Å². The average Bonchev–Trinajstić information content (AvgIpc) is 2.37. The molecule has 114 valence electrons. The Morgan fingerprint density at radius 1 is 1.35 bits per heavy atom. The van der Waals surface area contributed by atoms with Gasteiger partial charge in [0, 0.05) is 12.7 Å². The normalized spacial score (nSPS) is 12.6. The van der Waals surface area contributed by atoms with Gasteiger partial charge in [0.25, 0.3) is 10.0 Å². The fraction of sp³-hybridized carbons (Fsp3) is 0.643. The van der Waals surface area contributed by atoms with E-state index in [1.54, 1.807) is 6.07 Å². The number of sulfonamides is 1. The molecule has 0 atom stereocenters. The van der Waals surface area contributed by atoms with E-state index in [-0.39, 0.29) is 16.1 Å². The molecule has 1 heterocycles. The van der Waals surface area contributed by atoms with Crippen molar-refractivity contribution in [2.24, 2.45) is 5.41 Å². The summed E-state index contributed by atoms with van der Waals surface area (Å²) in [6, 6.07) is 3.15. The van der Waals surface area contributed by atoms with Crippen LogP contribution in [0.25, 0.3) is 0 Å². The first-order chi connectivity index (χ1) is 9.28. The van der Waals surface area contributed by atoms with Crippen LogP contribution in [0.4, 0.5) is 5.69 Å². The second-order valence-corrected chi connectivity index (χ2v) is 7.53. The lowest BCUT2D eigenvalue weighted by molar-refractivity contribution is 0.320. The Morgan fingerprint density at radius 3 is 2.65 bits per heavy atom. The molecule has 0 aromatic carbocycles. The minimum Gasteiger partial charge on any atom is -0.396 e. The number of rotatable bonds is 8. The van der Waals surface area contributed by atoms with Crippen molar-refractivity contribution < 1.29 is 8.42 Å². The summed E-state index contributed by atoms with van der Waals surface area (Å²) in [7, 11) is -3.64. The molecule has 0 bridgehead atoms. The van der Waals surface area contributed by atoms with E-state index in [1.165, 1.54) is 18.7 Å². The van der Waals surface area contributed by atoms with Crippen molar-refractivity contribution in [3.8, 4) is 0 Å². The van der Waals surface area contributed by atoms with Crippen LogP contribution in [0.5, 0.6) is 0 Å². The molecule has 0 saturated carbocycles. The average molecular weight is 299 g/mol. The maximum atomic E-state index is 12.2. The molecule has 0 fully saturated rings. The molecule has 0 saturated heterocycles. The minimum absolute atomic E-state index is 0.0776. The molecule has 3 N–H and O–H groups in total. The van der Waals surface area contributed by atoms with Crippen LogP contribution in [-0.2, 0) is 10.0 Å². The lowest BCUT2D eigenvalue weighted by Gasteiger charge is -2.24. The third-order valence-corrected chi connectivity index (χ3v) is 4.63. The molecule has 0 aliphatic heterocycles. The van der Waals surface area contributed by atoms with Crippen molar-refractivity contribution in [2.45, 2.75) is 51.5 Å². The molecule has 5 nitrogen and oxygen atoms in total. The van der Waals surface area contributed by atoms with Crippen molar-refractivity contribution in [3.05, 3.63) is 18.3 Å². The van der Waals surface area contributed by atoms with Crippen molar-refractivity contribution in [1.29, 1.82) is 0 Å². The summed E-state index contributed by atoms with van der Waals surface area (Å²) in [5.41, 5.74) is 5.76. The Bertz CT molecular complexity index is 527. The van der Waals surface area contributed by atoms with E-state index in [1.807, 2.05) is 0 Å². The standard InChI is InChI=1S/C14H25N3O2S/c1-4-5-6-9-14(2,3)11-17-20(18,19)13-12(15)8-7-10-16-13/h7-8,10,17H,4-6,9,11,15H2,1-3H3. The van der Waals surface area contributed by atoms with Crippen LogP contribution in [0, 0.1) is 5.41 Å². The summed E-state index contributed by atoms with van der Waals surface area (Å²) in [6.07, 6.45) is 5.85. The summed E-state index contributed by atoms with van der Waals surface area (Å²) in [6.45, 7) is 6.66. The maximum Gasteiger partial charge on any atom is 0.260 e. The molecule has 0 radical (unpaired) electrons. The number of pyridine rings is 1. The summed E-state index contributed by atoms with van der Waals surface area (Å²) >= 11 is 0. The zero-order valence-corrected chi connectivity index (χ0v) is 13.3. The van der Waals surface area contributed by atoms with Gasteiger partial charge < -0.3 is 5.73 Å². The third kappa shape index (κ3) is 5.09. The second-order valence-electron chi connectivity index (χ2n) is 5.84. The van der Waals surface area contributed by atoms with Crippen LogP contribution in [0.15, 0.2) is 23.4 Å². The zero-order valence-electron chi connectivity index (χ0n) is 12.5. The molecule has 0 amide bonds. The lowest BCUT2D eigenvalue weighted by atomic mass is 9.87. The lowest BCUT2D eigenvalue weighted by Crippen LogP contribution is -2.34. The van der Waals surface area contributed by atoms with Crippen molar-refractivity contribution in [2.75, 3.05) is 12.3 Å². The second kappa shape index (κ2) is 7.04. The minimum atomic E-state index is -3.64. The van der Waals surface area contributed by atoms with Gasteiger partial charge in [-0.25, -0.2) is 18.1 Å². The van der Waals surface area contributed by atoms with Gasteiger partial charge in [0.05, 0.1) is 5.69 Å². The highest BCUT2D eigenvalue weighted by atomic mass is 32.2. The van der Waals surface area contributed by atoms with Gasteiger partial charge in [-0.15, -0.1) is 0 Å². The van der Waals surface area contributed by atoms with Gasteiger partial charge >= 0.3 is 0 Å². The number of nitrogens with zero attached hydrogens (tertiary/aromatic N) is 1. The van der Waals surface area contributed by atoms with Gasteiger partial charge in [-0.3, -0.25) is 0 Å². The van der Waals surface area contributed by atoms with Crippen LogP contribution in [0.1, 0.15) is 46.5 Å². The monoisotopic (exact) mass is 299 g/mol. The summed E-state index contributed by atoms with van der Waals surface area (Å²) in [4.78, 5) is 3.85. The zero-order chi connectivity index (χ0) is 15.2. The van der Waals surface area contributed by atoms with Crippen molar-refractivity contribution >= 4 is 15.7 Å². The molecule has 1 aromatic rings. The highest BCUT2D eigenvalue weighted by molar-refractivity contribution is 7.89. The molecule has 0 aliphatic rings. The molecule has 1 aromatic heterocycles. The molecular weight excluding hydrogens is 274 g/mol. The van der Waals surface area contributed by atoms with Crippen LogP contribution in [0.3, 0.4) is 0 Å². The maximum absolute atomic E-state index is 12.2. The highest BCUT2D eigenvalue weighted by Crippen LogP contribution is 2.24. The first kappa shape index (κ1) is 16.9. The fourth-order valence-corrected chi connectivity index (χ4v) is 3.22. The number of nitrogens with one attached hydrogen (secondary N) is 1. The number of hydrogen-bond acceptors (Lipinski definition) is 4. The van der Waals surface area contributed by atoms with Gasteiger partial charge in [-0.1, -0.05) is 40.0 Å². The highest BCUT2D eigenvalue weighted by Gasteiger charge is 2.24. The predicted molar refractivity (Wildman–Crippen MR) is 81.8 cm³/mol. The molecular formula is C14H25N3O2S. The number of unbranched alkanes of at least 4 members (excludes halogenated alkanes) is 2. The van der Waals surface area contributed by atoms with E-state index in [0.717, 1.165) is 19.3 Å². The molecule has 0 unspecified atom stereocenters. The Labute approximate surface area is 122 Å². The van der Waals surface area contributed by atoms with Gasteiger partial charge in [0.1, 0.15) is 0 Å². The number of anilines is 1. The first-order valence-electron chi connectivity index (χ1n) is 6.99. The SMILES string of the molecule is CCCCCC(C)(C)CNS(=O)(=O)c1ncccc1N. The van der Waals surface area contributed by atoms with E-state index in [4.69, 9.17) is 5.73 Å². The smallest absolute Gasteiger partial charge is 0.260 e. The molecule has 0 aliphatic carbocycles. The fourth-order valence-electron chi connectivity index (χ4n) is 1.93. The Morgan fingerprint density at radius 2 is 2.05 bits per heavy atom. The quantitative estimate of drug-likeness (QED) is 0.722. The van der Waals surface area contributed by atoms with Gasteiger partial charge in [0.2, 0.25) is 0 Å². The van der Waals surface area contributed by atoms with Crippen LogP contribution >= 0.6 is 0 Å². The summed E-state index contributed by atoms with van der Waals surface area (Å²) < 4.78 is 27.0. The number of nitrogens with two attached hydrogens (primary N) is 1. The number of aromatic nitrogens is 1. The first-order valence-corrected chi connectivity index (χ1v) is 8.47. The predicted octanol–water partition coefficient (Wildman–Crippen LogP) is 2.55. The van der Waals surface area contributed by atoms with E-state index in [2.05, 4.69) is 30.5 Å². The largest absolute Gasteiger partial charge is 0.396 e. The molecule has 1 rings (SSSR count). The van der Waals surface area contributed by atoms with Crippen molar-refractivity contribution in [1.82, 2.24) is 9.71 Å². The van der Waals surface area contributed by atoms with Gasteiger partial charge in [-0.05, 0) is 24.0 Å². The number of nitrogen functional groups attached to an aromatic ring is 1. The van der Waals surface area contributed by atoms with Gasteiger partial charge in [-0.2, -0.15) is 0 Å². The summed E-state index contributed by atoms with van der Waals surface area (Å²) in [5, 5.41) is -0.0932. The van der Waals surface area contributed by atoms with E-state index in [0.29, 0.717) is 6.54 Å². The van der Waals surface area contributed by atoms with Crippen molar-refractivity contribution in [3.63, 3.8) is 0 Å². The molecule has 0 spiro atoms. The Kier molecular flexibility index (Phi) is 5.95. The molecule has 6 heteroatoms.